The third kappa shape index (κ3) is 2.88. The van der Waals surface area contributed by atoms with Crippen molar-refractivity contribution in [2.45, 2.75) is 17.7 Å². The molecule has 2 aliphatic heterocycles. The minimum Gasteiger partial charge on any atom is -0.380 e. The summed E-state index contributed by atoms with van der Waals surface area (Å²) in [6.07, 6.45) is 0.920. The summed E-state index contributed by atoms with van der Waals surface area (Å²) < 4.78 is 5.56. The predicted octanol–water partition coefficient (Wildman–Crippen LogP) is 2.42. The first-order chi connectivity index (χ1) is 11.3. The van der Waals surface area contributed by atoms with Crippen LogP contribution < -0.4 is 0 Å². The van der Waals surface area contributed by atoms with E-state index in [4.69, 9.17) is 4.74 Å². The highest BCUT2D eigenvalue weighted by molar-refractivity contribution is 8.00. The van der Waals surface area contributed by atoms with Crippen LogP contribution in [0.1, 0.15) is 16.9 Å². The maximum absolute atomic E-state index is 12.9. The third-order valence-electron chi connectivity index (χ3n) is 4.47. The van der Waals surface area contributed by atoms with E-state index in [1.165, 1.54) is 0 Å². The molecule has 2 saturated heterocycles. The number of aromatic amines is 1. The molecule has 2 fully saturated rings. The number of amides is 1. The van der Waals surface area contributed by atoms with Crippen molar-refractivity contribution < 1.29 is 9.53 Å². The third-order valence-corrected chi connectivity index (χ3v) is 5.77. The normalized spacial score (nSPS) is 24.3. The zero-order valence-corrected chi connectivity index (χ0v) is 13.6. The Balaban J connectivity index is 1.56. The fourth-order valence-corrected chi connectivity index (χ4v) is 4.58. The number of ether oxygens (including phenoxy) is 1. The molecule has 1 aromatic carbocycles. The van der Waals surface area contributed by atoms with E-state index in [0.717, 1.165) is 43.2 Å². The predicted molar refractivity (Wildman–Crippen MR) is 90.5 cm³/mol. The second-order valence-corrected chi connectivity index (χ2v) is 7.22. The van der Waals surface area contributed by atoms with Gasteiger partial charge in [-0.2, -0.15) is 16.9 Å². The molecule has 0 bridgehead atoms. The number of H-pyrrole nitrogens is 1. The lowest BCUT2D eigenvalue weighted by molar-refractivity contribution is 0.0315. The van der Waals surface area contributed by atoms with Gasteiger partial charge in [-0.1, -0.05) is 30.3 Å². The van der Waals surface area contributed by atoms with Gasteiger partial charge in [0.2, 0.25) is 0 Å². The fourth-order valence-electron chi connectivity index (χ4n) is 3.28. The standard InChI is InChI=1S/C17H19N3O2S/c21-17(20-7-9-23-16-11-22-8-6-15(16)20)14-10-13(18-19-14)12-4-2-1-3-5-12/h1-5,10,15-16H,6-9,11H2,(H,18,19)/t15-,16-/m0/s1. The van der Waals surface area contributed by atoms with Crippen molar-refractivity contribution in [3.05, 3.63) is 42.1 Å². The molecule has 0 unspecified atom stereocenters. The van der Waals surface area contributed by atoms with E-state index >= 15 is 0 Å². The summed E-state index contributed by atoms with van der Waals surface area (Å²) in [4.78, 5) is 14.9. The first-order valence-corrected chi connectivity index (χ1v) is 8.99. The summed E-state index contributed by atoms with van der Waals surface area (Å²) >= 11 is 1.92. The van der Waals surface area contributed by atoms with Gasteiger partial charge < -0.3 is 9.64 Å². The molecule has 6 heteroatoms. The van der Waals surface area contributed by atoms with Gasteiger partial charge in [0.05, 0.1) is 12.3 Å². The van der Waals surface area contributed by atoms with Crippen molar-refractivity contribution in [2.75, 3.05) is 25.5 Å². The van der Waals surface area contributed by atoms with Gasteiger partial charge in [-0.05, 0) is 12.5 Å². The van der Waals surface area contributed by atoms with Crippen LogP contribution in [0, 0.1) is 0 Å². The number of carbonyl (C=O) groups excluding carboxylic acids is 1. The Kier molecular flexibility index (Phi) is 4.10. The number of benzene rings is 1. The first kappa shape index (κ1) is 14.8. The Morgan fingerprint density at radius 2 is 2.22 bits per heavy atom. The number of nitrogens with zero attached hydrogens (tertiary/aromatic N) is 2. The van der Waals surface area contributed by atoms with E-state index < -0.39 is 0 Å². The van der Waals surface area contributed by atoms with Crippen LogP contribution in [-0.2, 0) is 4.74 Å². The molecular formula is C17H19N3O2S. The molecule has 1 aromatic heterocycles. The highest BCUT2D eigenvalue weighted by atomic mass is 32.2. The number of fused-ring (bicyclic) bond motifs is 1. The quantitative estimate of drug-likeness (QED) is 0.919. The molecule has 1 N–H and O–H groups in total. The highest BCUT2D eigenvalue weighted by Gasteiger charge is 2.37. The Morgan fingerprint density at radius 3 is 3.09 bits per heavy atom. The van der Waals surface area contributed by atoms with Crippen molar-refractivity contribution >= 4 is 17.7 Å². The highest BCUT2D eigenvalue weighted by Crippen LogP contribution is 2.31. The van der Waals surface area contributed by atoms with Crippen LogP contribution in [0.15, 0.2) is 36.4 Å². The van der Waals surface area contributed by atoms with E-state index in [9.17, 15) is 4.79 Å². The molecule has 0 saturated carbocycles. The van der Waals surface area contributed by atoms with Crippen LogP contribution >= 0.6 is 11.8 Å². The van der Waals surface area contributed by atoms with Gasteiger partial charge in [0, 0.05) is 35.8 Å². The molecule has 120 valence electrons. The number of nitrogens with one attached hydrogen (secondary N) is 1. The van der Waals surface area contributed by atoms with E-state index in [1.807, 2.05) is 53.1 Å². The summed E-state index contributed by atoms with van der Waals surface area (Å²) in [5, 5.41) is 7.62. The molecular weight excluding hydrogens is 310 g/mol. The van der Waals surface area contributed by atoms with Crippen LogP contribution in [-0.4, -0.2) is 57.8 Å². The summed E-state index contributed by atoms with van der Waals surface area (Å²) in [6.45, 7) is 2.28. The zero-order chi connectivity index (χ0) is 15.6. The van der Waals surface area contributed by atoms with Gasteiger partial charge in [0.25, 0.3) is 5.91 Å². The molecule has 2 atom stereocenters. The second-order valence-electron chi connectivity index (χ2n) is 5.87. The minimum absolute atomic E-state index is 0.0527. The topological polar surface area (TPSA) is 58.2 Å². The smallest absolute Gasteiger partial charge is 0.272 e. The van der Waals surface area contributed by atoms with Crippen molar-refractivity contribution in [1.82, 2.24) is 15.1 Å². The van der Waals surface area contributed by atoms with Crippen LogP contribution in [0.3, 0.4) is 0 Å². The monoisotopic (exact) mass is 329 g/mol. The molecule has 2 aliphatic rings. The maximum Gasteiger partial charge on any atom is 0.272 e. The maximum atomic E-state index is 12.9. The van der Waals surface area contributed by atoms with Crippen LogP contribution in [0.5, 0.6) is 0 Å². The summed E-state index contributed by atoms with van der Waals surface area (Å²) in [5.41, 5.74) is 2.39. The molecule has 4 rings (SSSR count). The van der Waals surface area contributed by atoms with E-state index in [2.05, 4.69) is 10.2 Å². The molecule has 3 heterocycles. The van der Waals surface area contributed by atoms with E-state index in [-0.39, 0.29) is 11.9 Å². The first-order valence-electron chi connectivity index (χ1n) is 7.94. The molecule has 23 heavy (non-hydrogen) atoms. The molecule has 0 aliphatic carbocycles. The SMILES string of the molecule is O=C(c1cc(-c2ccccc2)n[nH]1)N1CCS[C@H]2COCC[C@@H]21. The molecule has 0 radical (unpaired) electrons. The average molecular weight is 329 g/mol. The number of carbonyl (C=O) groups is 1. The molecule has 2 aromatic rings. The average Bonchev–Trinajstić information content (AvgIpc) is 3.11. The molecule has 5 nitrogen and oxygen atoms in total. The number of hydrogen-bond acceptors (Lipinski definition) is 4. The van der Waals surface area contributed by atoms with Gasteiger partial charge in [-0.25, -0.2) is 0 Å². The molecule has 0 spiro atoms. The lowest BCUT2D eigenvalue weighted by atomic mass is 10.1. The summed E-state index contributed by atoms with van der Waals surface area (Å²) in [5.74, 6) is 1.02. The molecule has 1 amide bonds. The largest absolute Gasteiger partial charge is 0.380 e. The Morgan fingerprint density at radius 1 is 1.35 bits per heavy atom. The van der Waals surface area contributed by atoms with Crippen molar-refractivity contribution in [1.29, 1.82) is 0 Å². The number of hydrogen-bond donors (Lipinski definition) is 1. The van der Waals surface area contributed by atoms with Crippen molar-refractivity contribution in [2.24, 2.45) is 0 Å². The Hall–Kier alpha value is -1.79. The zero-order valence-electron chi connectivity index (χ0n) is 12.8. The van der Waals surface area contributed by atoms with Gasteiger partial charge >= 0.3 is 0 Å². The van der Waals surface area contributed by atoms with Gasteiger partial charge in [0.1, 0.15) is 5.69 Å². The van der Waals surface area contributed by atoms with E-state index in [1.54, 1.807) is 0 Å². The van der Waals surface area contributed by atoms with Crippen LogP contribution in [0.4, 0.5) is 0 Å². The lowest BCUT2D eigenvalue weighted by Crippen LogP contribution is -2.54. The Labute approximate surface area is 139 Å². The number of rotatable bonds is 2. The second kappa shape index (κ2) is 6.37. The lowest BCUT2D eigenvalue weighted by Gasteiger charge is -2.43. The Bertz CT molecular complexity index is 686. The number of aromatic nitrogens is 2. The van der Waals surface area contributed by atoms with E-state index in [0.29, 0.717) is 10.9 Å². The number of thioether (sulfide) groups is 1. The van der Waals surface area contributed by atoms with Crippen LogP contribution in [0.25, 0.3) is 11.3 Å². The summed E-state index contributed by atoms with van der Waals surface area (Å²) in [6, 6.07) is 12.0. The summed E-state index contributed by atoms with van der Waals surface area (Å²) in [7, 11) is 0. The fraction of sp³-hybridized carbons (Fsp3) is 0.412. The minimum atomic E-state index is 0.0527. The van der Waals surface area contributed by atoms with Gasteiger partial charge in [-0.15, -0.1) is 0 Å². The van der Waals surface area contributed by atoms with Crippen molar-refractivity contribution in [3.63, 3.8) is 0 Å². The van der Waals surface area contributed by atoms with Crippen molar-refractivity contribution in [3.8, 4) is 11.3 Å². The van der Waals surface area contributed by atoms with Gasteiger partial charge in [-0.3, -0.25) is 9.89 Å². The van der Waals surface area contributed by atoms with Gasteiger partial charge in [0.15, 0.2) is 0 Å². The van der Waals surface area contributed by atoms with Crippen LogP contribution in [0.2, 0.25) is 0 Å².